The number of carbonyl (C=O) groups excluding carboxylic acids is 1. The number of halogens is 3. The summed E-state index contributed by atoms with van der Waals surface area (Å²) in [6.07, 6.45) is -1.18. The lowest BCUT2D eigenvalue weighted by atomic mass is 9.91. The van der Waals surface area contributed by atoms with Crippen molar-refractivity contribution in [2.24, 2.45) is 5.92 Å². The smallest absolute Gasteiger partial charge is 0.272 e. The molecule has 4 atom stereocenters. The average molecular weight is 800 g/mol. The van der Waals surface area contributed by atoms with Crippen molar-refractivity contribution < 1.29 is 23.8 Å². The molecule has 1 fully saturated rings. The van der Waals surface area contributed by atoms with E-state index in [-0.39, 0.29) is 31.3 Å². The predicted molar refractivity (Wildman–Crippen MR) is 215 cm³/mol. The quantitative estimate of drug-likeness (QED) is 0.0995. The second-order valence-electron chi connectivity index (χ2n) is 13.0. The molecular formula is C43H37Cl3N2O5S. The Hall–Kier alpha value is -4.12. The summed E-state index contributed by atoms with van der Waals surface area (Å²) in [5.41, 5.74) is 8.15. The summed E-state index contributed by atoms with van der Waals surface area (Å²) in [5.74, 6) is 0.572. The summed E-state index contributed by atoms with van der Waals surface area (Å²) in [4.78, 5) is 17.2. The molecule has 11 heteroatoms. The van der Waals surface area contributed by atoms with Crippen molar-refractivity contribution in [2.45, 2.75) is 47.6 Å². The van der Waals surface area contributed by atoms with Crippen molar-refractivity contribution in [3.63, 3.8) is 0 Å². The molecule has 7 rings (SSSR count). The fraction of sp³-hybridized carbons (Fsp3) is 0.209. The molecule has 1 aromatic heterocycles. The Morgan fingerprint density at radius 2 is 1.41 bits per heavy atom. The van der Waals surface area contributed by atoms with E-state index < -0.39 is 16.0 Å². The van der Waals surface area contributed by atoms with Crippen molar-refractivity contribution in [2.75, 3.05) is 5.75 Å². The maximum Gasteiger partial charge on any atom is 0.272 e. The van der Waals surface area contributed by atoms with Crippen LogP contribution in [0.25, 0.3) is 33.7 Å². The number of nitrogens with zero attached hydrogens (tertiary/aromatic N) is 1. The molecule has 1 saturated heterocycles. The van der Waals surface area contributed by atoms with Crippen molar-refractivity contribution in [1.29, 1.82) is 0 Å². The molecule has 276 valence electrons. The third-order valence-corrected chi connectivity index (χ3v) is 10.8. The first-order chi connectivity index (χ1) is 26.2. The summed E-state index contributed by atoms with van der Waals surface area (Å²) in [7, 11) is 0. The second kappa shape index (κ2) is 17.1. The Morgan fingerprint density at radius 3 is 2.07 bits per heavy atom. The molecule has 1 aliphatic rings. The fourth-order valence-corrected chi connectivity index (χ4v) is 7.64. The Kier molecular flexibility index (Phi) is 12.1. The van der Waals surface area contributed by atoms with Gasteiger partial charge in [-0.15, -0.1) is 0 Å². The van der Waals surface area contributed by atoms with E-state index >= 15 is 0 Å². The Morgan fingerprint density at radius 1 is 0.778 bits per heavy atom. The van der Waals surface area contributed by atoms with Gasteiger partial charge in [-0.1, -0.05) is 187 Å². The van der Waals surface area contributed by atoms with Gasteiger partial charge in [-0.3, -0.25) is 4.79 Å². The minimum Gasteiger partial charge on any atom is -0.431 e. The van der Waals surface area contributed by atoms with E-state index in [4.69, 9.17) is 53.7 Å². The minimum absolute atomic E-state index is 0.0278. The van der Waals surface area contributed by atoms with Crippen LogP contribution in [0, 0.1) is 5.92 Å². The Balaban J connectivity index is 1.14. The average Bonchev–Trinajstić information content (AvgIpc) is 3.64. The van der Waals surface area contributed by atoms with E-state index in [1.165, 1.54) is 11.8 Å². The number of ether oxygens (including phenoxy) is 2. The largest absolute Gasteiger partial charge is 0.431 e. The number of aliphatic hydroxyl groups excluding tert-OH is 1. The van der Waals surface area contributed by atoms with E-state index in [0.29, 0.717) is 11.0 Å². The van der Waals surface area contributed by atoms with Crippen molar-refractivity contribution in [3.05, 3.63) is 156 Å². The van der Waals surface area contributed by atoms with Crippen molar-refractivity contribution >= 4 is 52.5 Å². The highest BCUT2D eigenvalue weighted by Gasteiger charge is 2.39. The molecule has 4 unspecified atom stereocenters. The van der Waals surface area contributed by atoms with Gasteiger partial charge in [-0.2, -0.15) is 0 Å². The number of hydrogen-bond acceptors (Lipinski definition) is 7. The van der Waals surface area contributed by atoms with E-state index in [1.807, 2.05) is 133 Å². The van der Waals surface area contributed by atoms with Gasteiger partial charge in [0.2, 0.25) is 0 Å². The number of alkyl halides is 3. The molecule has 5 aromatic carbocycles. The third-order valence-electron chi connectivity index (χ3n) is 9.39. The van der Waals surface area contributed by atoms with Gasteiger partial charge in [0.1, 0.15) is 5.69 Å². The molecule has 54 heavy (non-hydrogen) atoms. The lowest BCUT2D eigenvalue weighted by Gasteiger charge is -2.41. The molecular weight excluding hydrogens is 763 g/mol. The number of thioether (sulfide) groups is 1. The topological polar surface area (TPSA) is 93.8 Å². The molecule has 0 bridgehead atoms. The molecule has 0 spiro atoms. The monoisotopic (exact) mass is 798 g/mol. The first-order valence-electron chi connectivity index (χ1n) is 17.5. The van der Waals surface area contributed by atoms with E-state index in [0.717, 1.165) is 56.0 Å². The van der Waals surface area contributed by atoms with Crippen LogP contribution in [0.5, 0.6) is 0 Å². The zero-order valence-corrected chi connectivity index (χ0v) is 32.3. The molecule has 0 saturated carbocycles. The van der Waals surface area contributed by atoms with Gasteiger partial charge in [0.05, 0.1) is 18.8 Å². The molecule has 2 heterocycles. The van der Waals surface area contributed by atoms with E-state index in [1.54, 1.807) is 0 Å². The van der Waals surface area contributed by atoms with Crippen LogP contribution in [-0.2, 0) is 27.4 Å². The van der Waals surface area contributed by atoms with Gasteiger partial charge >= 0.3 is 0 Å². The standard InChI is InChI=1S/C43H37Cl3N2O5S/c1-27-36(26-54-42-48-37(30-10-4-2-5-11-30)39(53-42)31-12-6-3-7-13-31)51-40(52-38(27)32-18-16-28(25-49)17-19-32)33-22-20-29(21-23-33)35-15-9-8-14-34(35)24-47-41(50)43(44,45)46/h2-23,27,36,38,40,49H,24-26H2,1H3,(H,47,50). The summed E-state index contributed by atoms with van der Waals surface area (Å²) in [6, 6.07) is 43.7. The number of oxazole rings is 1. The van der Waals surface area contributed by atoms with Crippen LogP contribution >= 0.6 is 46.6 Å². The number of aliphatic hydroxyl groups is 1. The number of benzene rings is 5. The number of nitrogens with one attached hydrogen (secondary N) is 1. The van der Waals surface area contributed by atoms with Gasteiger partial charge < -0.3 is 24.3 Å². The molecule has 0 radical (unpaired) electrons. The lowest BCUT2D eigenvalue weighted by molar-refractivity contribution is -0.268. The molecule has 7 nitrogen and oxygen atoms in total. The zero-order chi connectivity index (χ0) is 37.7. The normalized spacial score (nSPS) is 18.7. The second-order valence-corrected chi connectivity index (χ2v) is 16.2. The predicted octanol–water partition coefficient (Wildman–Crippen LogP) is 10.7. The maximum atomic E-state index is 12.2. The summed E-state index contributed by atoms with van der Waals surface area (Å²) < 4.78 is 17.8. The maximum absolute atomic E-state index is 12.2. The number of amides is 1. The van der Waals surface area contributed by atoms with E-state index in [9.17, 15) is 9.90 Å². The molecule has 6 aromatic rings. The number of carbonyl (C=O) groups is 1. The summed E-state index contributed by atoms with van der Waals surface area (Å²) in [6.45, 7) is 2.29. The van der Waals surface area contributed by atoms with Crippen LogP contribution in [0.4, 0.5) is 0 Å². The van der Waals surface area contributed by atoms with Crippen LogP contribution in [0.1, 0.15) is 41.6 Å². The highest BCUT2D eigenvalue weighted by atomic mass is 35.6. The Bertz CT molecular complexity index is 2100. The first kappa shape index (κ1) is 38.2. The van der Waals surface area contributed by atoms with E-state index in [2.05, 4.69) is 12.2 Å². The number of rotatable bonds is 11. The molecule has 1 aliphatic heterocycles. The van der Waals surface area contributed by atoms with Gasteiger partial charge in [0, 0.05) is 34.9 Å². The first-order valence-corrected chi connectivity index (χ1v) is 19.6. The highest BCUT2D eigenvalue weighted by Crippen LogP contribution is 2.44. The van der Waals surface area contributed by atoms with Crippen LogP contribution in [-0.4, -0.2) is 31.6 Å². The van der Waals surface area contributed by atoms with Gasteiger partial charge in [-0.05, 0) is 27.8 Å². The van der Waals surface area contributed by atoms with Crippen molar-refractivity contribution in [3.8, 4) is 33.7 Å². The van der Waals surface area contributed by atoms with Crippen LogP contribution in [0.15, 0.2) is 143 Å². The van der Waals surface area contributed by atoms with Crippen LogP contribution in [0.2, 0.25) is 0 Å². The SMILES string of the molecule is CC1C(CSc2nc(-c3ccccc3)c(-c3ccccc3)o2)OC(c2ccc(-c3ccccc3CNC(=O)C(Cl)(Cl)Cl)cc2)OC1c1ccc(CO)cc1. The lowest BCUT2D eigenvalue weighted by Crippen LogP contribution is -2.38. The van der Waals surface area contributed by atoms with Gasteiger partial charge in [0.25, 0.3) is 14.9 Å². The number of hydrogen-bond donors (Lipinski definition) is 2. The summed E-state index contributed by atoms with van der Waals surface area (Å²) >= 11 is 18.8. The van der Waals surface area contributed by atoms with Crippen molar-refractivity contribution in [1.82, 2.24) is 10.3 Å². The van der Waals surface area contributed by atoms with Gasteiger partial charge in [-0.25, -0.2) is 4.98 Å². The fourth-order valence-electron chi connectivity index (χ4n) is 6.45. The zero-order valence-electron chi connectivity index (χ0n) is 29.2. The van der Waals surface area contributed by atoms with Crippen LogP contribution < -0.4 is 5.32 Å². The highest BCUT2D eigenvalue weighted by molar-refractivity contribution is 7.99. The third kappa shape index (κ3) is 8.88. The molecule has 2 N–H and O–H groups in total. The molecule has 1 amide bonds. The number of aromatic nitrogens is 1. The van der Waals surface area contributed by atoms with Crippen LogP contribution in [0.3, 0.4) is 0 Å². The Labute approximate surface area is 333 Å². The molecule has 0 aliphatic carbocycles. The minimum atomic E-state index is -2.05. The summed E-state index contributed by atoms with van der Waals surface area (Å²) in [5, 5.41) is 12.9. The van der Waals surface area contributed by atoms with Gasteiger partial charge in [0.15, 0.2) is 12.1 Å².